The van der Waals surface area contributed by atoms with Crippen molar-refractivity contribution in [1.29, 1.82) is 0 Å². The predicted octanol–water partition coefficient (Wildman–Crippen LogP) is 7.36. The number of hydrogen-bond acceptors (Lipinski definition) is 3. The predicted molar refractivity (Wildman–Crippen MR) is 139 cm³/mol. The summed E-state index contributed by atoms with van der Waals surface area (Å²) in [6.07, 6.45) is 22.1. The number of carbonyl (C=O) groups excluding carboxylic acids is 1. The molecule has 0 radical (unpaired) electrons. The van der Waals surface area contributed by atoms with Crippen LogP contribution in [0.4, 0.5) is 5.69 Å². The smallest absolute Gasteiger partial charge is 0.185 e. The van der Waals surface area contributed by atoms with Gasteiger partial charge >= 0.3 is 0 Å². The van der Waals surface area contributed by atoms with E-state index in [2.05, 4.69) is 60.6 Å². The van der Waals surface area contributed by atoms with Crippen molar-refractivity contribution in [2.45, 2.75) is 40.5 Å². The normalized spacial score (nSPS) is 14.7. The number of likely N-dealkylation sites (N-methyl/N-ethyl adjacent to an activating group) is 2. The van der Waals surface area contributed by atoms with Crippen LogP contribution in [0.25, 0.3) is 0 Å². The van der Waals surface area contributed by atoms with Gasteiger partial charge in [-0.05, 0) is 95.2 Å². The summed E-state index contributed by atoms with van der Waals surface area (Å²) in [7, 11) is 0. The number of allylic oxidation sites excluding steroid dienone is 10. The Kier molecular flexibility index (Phi) is 10.3. The Labute approximate surface area is 194 Å². The Bertz CT molecular complexity index is 955. The summed E-state index contributed by atoms with van der Waals surface area (Å²) in [5.41, 5.74) is 5.04. The molecule has 0 spiro atoms. The molecule has 168 valence electrons. The van der Waals surface area contributed by atoms with Gasteiger partial charge < -0.3 is 9.80 Å². The van der Waals surface area contributed by atoms with E-state index >= 15 is 0 Å². The molecule has 0 amide bonds. The lowest BCUT2D eigenvalue weighted by molar-refractivity contribution is 0.104. The Morgan fingerprint density at radius 2 is 1.72 bits per heavy atom. The van der Waals surface area contributed by atoms with E-state index in [4.69, 9.17) is 0 Å². The van der Waals surface area contributed by atoms with Gasteiger partial charge in [0.2, 0.25) is 0 Å². The first-order chi connectivity index (χ1) is 15.6. The molecule has 2 rings (SSSR count). The van der Waals surface area contributed by atoms with Crippen LogP contribution in [0.5, 0.6) is 0 Å². The van der Waals surface area contributed by atoms with Gasteiger partial charge in [0.15, 0.2) is 5.78 Å². The van der Waals surface area contributed by atoms with Crippen LogP contribution in [0.15, 0.2) is 109 Å². The molecule has 32 heavy (non-hydrogen) atoms. The highest BCUT2D eigenvalue weighted by atomic mass is 16.1. The highest BCUT2D eigenvalue weighted by molar-refractivity contribution is 6.04. The van der Waals surface area contributed by atoms with E-state index < -0.39 is 0 Å². The van der Waals surface area contributed by atoms with Crippen LogP contribution in [0.2, 0.25) is 0 Å². The third-order valence-corrected chi connectivity index (χ3v) is 5.36. The standard InChI is InChI=1S/C29H36N2O/c1-6-15-25(7-2)30(9-4)28-22-20-24(21-23-28)29(32)19-14-18-26(8-3)31(10-5)27-16-12-11-13-17-27/h6-8,12,14-23H,3,9-11,13H2,1-2,4-5H3/b15-6-,19-14+,25-7+,26-18+. The van der Waals surface area contributed by atoms with Gasteiger partial charge in [-0.25, -0.2) is 0 Å². The molecule has 0 aliphatic heterocycles. The summed E-state index contributed by atoms with van der Waals surface area (Å²) >= 11 is 0. The first-order valence-corrected chi connectivity index (χ1v) is 11.5. The minimum atomic E-state index is -0.0150. The highest BCUT2D eigenvalue weighted by Gasteiger charge is 2.10. The Morgan fingerprint density at radius 1 is 1.00 bits per heavy atom. The Morgan fingerprint density at radius 3 is 2.25 bits per heavy atom. The quantitative estimate of drug-likeness (QED) is 0.209. The molecule has 0 bridgehead atoms. The van der Waals surface area contributed by atoms with Crippen molar-refractivity contribution in [2.24, 2.45) is 0 Å². The maximum absolute atomic E-state index is 12.7. The molecule has 1 aromatic carbocycles. The molecule has 0 unspecified atom stereocenters. The number of carbonyl (C=O) groups is 1. The third-order valence-electron chi connectivity index (χ3n) is 5.36. The molecule has 1 aliphatic rings. The van der Waals surface area contributed by atoms with Gasteiger partial charge in [0, 0.05) is 41.4 Å². The lowest BCUT2D eigenvalue weighted by Crippen LogP contribution is -2.20. The Hall–Kier alpha value is -3.33. The van der Waals surface area contributed by atoms with Crippen molar-refractivity contribution in [2.75, 3.05) is 18.0 Å². The number of benzene rings is 1. The monoisotopic (exact) mass is 428 g/mol. The van der Waals surface area contributed by atoms with Gasteiger partial charge in [-0.1, -0.05) is 37.0 Å². The number of anilines is 1. The maximum atomic E-state index is 12.7. The van der Waals surface area contributed by atoms with Crippen molar-refractivity contribution < 1.29 is 4.79 Å². The van der Waals surface area contributed by atoms with Crippen molar-refractivity contribution in [3.05, 3.63) is 114 Å². The fraction of sp³-hybridized carbons (Fsp3) is 0.276. The minimum absolute atomic E-state index is 0.0150. The lowest BCUT2D eigenvalue weighted by atomic mass is 10.1. The largest absolute Gasteiger partial charge is 0.342 e. The first kappa shape index (κ1) is 24.9. The van der Waals surface area contributed by atoms with Crippen LogP contribution in [-0.4, -0.2) is 23.8 Å². The van der Waals surface area contributed by atoms with E-state index in [1.54, 1.807) is 6.08 Å². The van der Waals surface area contributed by atoms with Crippen molar-refractivity contribution in [3.63, 3.8) is 0 Å². The molecule has 1 aromatic rings. The number of rotatable bonds is 11. The Balaban J connectivity index is 2.14. The van der Waals surface area contributed by atoms with Gasteiger partial charge in [-0.2, -0.15) is 0 Å². The third kappa shape index (κ3) is 6.58. The van der Waals surface area contributed by atoms with Crippen molar-refractivity contribution >= 4 is 11.5 Å². The minimum Gasteiger partial charge on any atom is -0.342 e. The van der Waals surface area contributed by atoms with Gasteiger partial charge in [-0.15, -0.1) is 0 Å². The molecule has 1 aliphatic carbocycles. The molecule has 0 N–H and O–H groups in total. The zero-order valence-electron chi connectivity index (χ0n) is 19.9. The van der Waals surface area contributed by atoms with Crippen LogP contribution in [0.1, 0.15) is 50.9 Å². The van der Waals surface area contributed by atoms with E-state index in [0.29, 0.717) is 5.56 Å². The molecule has 3 heteroatoms. The van der Waals surface area contributed by atoms with E-state index in [1.165, 1.54) is 5.70 Å². The van der Waals surface area contributed by atoms with Crippen LogP contribution in [-0.2, 0) is 0 Å². The van der Waals surface area contributed by atoms with Gasteiger partial charge in [0.25, 0.3) is 0 Å². The molecule has 0 atom stereocenters. The summed E-state index contributed by atoms with van der Waals surface area (Å²) < 4.78 is 0. The topological polar surface area (TPSA) is 23.6 Å². The fourth-order valence-corrected chi connectivity index (χ4v) is 3.75. The highest BCUT2D eigenvalue weighted by Crippen LogP contribution is 2.22. The van der Waals surface area contributed by atoms with Crippen LogP contribution >= 0.6 is 0 Å². The molecule has 0 fully saturated rings. The fourth-order valence-electron chi connectivity index (χ4n) is 3.75. The average Bonchev–Trinajstić information content (AvgIpc) is 2.84. The van der Waals surface area contributed by atoms with E-state index in [1.807, 2.05) is 62.4 Å². The van der Waals surface area contributed by atoms with Gasteiger partial charge in [0.05, 0.1) is 0 Å². The van der Waals surface area contributed by atoms with E-state index in [0.717, 1.165) is 43.0 Å². The van der Waals surface area contributed by atoms with Gasteiger partial charge in [0.1, 0.15) is 0 Å². The molecule has 0 heterocycles. The summed E-state index contributed by atoms with van der Waals surface area (Å²) in [5, 5.41) is 0. The molecule has 0 aromatic heterocycles. The van der Waals surface area contributed by atoms with Crippen molar-refractivity contribution in [3.8, 4) is 0 Å². The molecular formula is C29H36N2O. The second kappa shape index (κ2) is 13.2. The lowest BCUT2D eigenvalue weighted by Gasteiger charge is -2.26. The summed E-state index contributed by atoms with van der Waals surface area (Å²) in [5.74, 6) is -0.0150. The maximum Gasteiger partial charge on any atom is 0.185 e. The van der Waals surface area contributed by atoms with Crippen LogP contribution in [0.3, 0.4) is 0 Å². The summed E-state index contributed by atoms with van der Waals surface area (Å²) in [4.78, 5) is 17.1. The van der Waals surface area contributed by atoms with Gasteiger partial charge in [-0.3, -0.25) is 4.79 Å². The van der Waals surface area contributed by atoms with E-state index in [9.17, 15) is 4.79 Å². The second-order valence-corrected chi connectivity index (χ2v) is 7.38. The number of ketones is 1. The molecule has 0 saturated heterocycles. The van der Waals surface area contributed by atoms with Crippen molar-refractivity contribution in [1.82, 2.24) is 4.90 Å². The average molecular weight is 429 g/mol. The summed E-state index contributed by atoms with van der Waals surface area (Å²) in [6.45, 7) is 13.9. The number of nitrogens with zero attached hydrogens (tertiary/aromatic N) is 2. The first-order valence-electron chi connectivity index (χ1n) is 11.5. The van der Waals surface area contributed by atoms with Crippen LogP contribution < -0.4 is 4.90 Å². The van der Waals surface area contributed by atoms with Crippen LogP contribution in [0, 0.1) is 0 Å². The SMILES string of the molecule is C=C/C(=C\C=C\C(=O)c1ccc(N(CC)C(/C=C\C)=C/C)cc1)N(CC)C1=CCCC=C1. The zero-order valence-corrected chi connectivity index (χ0v) is 19.9. The molecule has 3 nitrogen and oxygen atoms in total. The zero-order chi connectivity index (χ0) is 23.3. The molecule has 0 saturated carbocycles. The second-order valence-electron chi connectivity index (χ2n) is 7.38. The van der Waals surface area contributed by atoms with E-state index in [-0.39, 0.29) is 5.78 Å². The number of hydrogen-bond donors (Lipinski definition) is 0. The molecular weight excluding hydrogens is 392 g/mol. The summed E-state index contributed by atoms with van der Waals surface area (Å²) in [6, 6.07) is 7.79.